The minimum Gasteiger partial charge on any atom is -0.497 e. The van der Waals surface area contributed by atoms with Crippen LogP contribution in [0.1, 0.15) is 11.1 Å². The number of ether oxygens (including phenoxy) is 3. The first kappa shape index (κ1) is 19.2. The summed E-state index contributed by atoms with van der Waals surface area (Å²) < 4.78 is 17.9. The summed E-state index contributed by atoms with van der Waals surface area (Å²) in [6, 6.07) is 11.2. The van der Waals surface area contributed by atoms with Gasteiger partial charge in [-0.05, 0) is 89.3 Å². The lowest BCUT2D eigenvalue weighted by Crippen LogP contribution is -1.93. The zero-order valence-electron chi connectivity index (χ0n) is 13.8. The van der Waals surface area contributed by atoms with E-state index in [1.807, 2.05) is 36.4 Å². The van der Waals surface area contributed by atoms with E-state index in [1.54, 1.807) is 20.3 Å². The molecular formula is C19H13Br3O4. The van der Waals surface area contributed by atoms with Crippen LogP contribution in [0, 0.1) is 0 Å². The zero-order chi connectivity index (χ0) is 18.8. The lowest BCUT2D eigenvalue weighted by molar-refractivity contribution is -0.132. The fraction of sp³-hybridized carbons (Fsp3) is 0.105. The Bertz CT molecular complexity index is 907. The second kappa shape index (κ2) is 7.98. The van der Waals surface area contributed by atoms with Gasteiger partial charge < -0.3 is 14.2 Å². The molecule has 0 amide bonds. The van der Waals surface area contributed by atoms with Gasteiger partial charge in [0.2, 0.25) is 0 Å². The Kier molecular flexibility index (Phi) is 5.89. The van der Waals surface area contributed by atoms with Gasteiger partial charge in [-0.1, -0.05) is 12.1 Å². The number of esters is 1. The van der Waals surface area contributed by atoms with E-state index in [1.165, 1.54) is 0 Å². The molecule has 0 atom stereocenters. The summed E-state index contributed by atoms with van der Waals surface area (Å²) in [5.74, 6) is 1.48. The molecule has 0 spiro atoms. The highest BCUT2D eigenvalue weighted by Crippen LogP contribution is 2.40. The minimum absolute atomic E-state index is 0.389. The van der Waals surface area contributed by atoms with Crippen LogP contribution in [-0.4, -0.2) is 20.2 Å². The van der Waals surface area contributed by atoms with Gasteiger partial charge in [-0.15, -0.1) is 0 Å². The topological polar surface area (TPSA) is 44.8 Å². The van der Waals surface area contributed by atoms with Crippen LogP contribution in [0.3, 0.4) is 0 Å². The number of carbonyl (C=O) groups excluding carboxylic acids is 1. The molecule has 2 aromatic carbocycles. The minimum atomic E-state index is -0.422. The molecule has 1 aliphatic heterocycles. The predicted octanol–water partition coefficient (Wildman–Crippen LogP) is 5.93. The number of hydrogen-bond acceptors (Lipinski definition) is 4. The summed E-state index contributed by atoms with van der Waals surface area (Å²) in [5.41, 5.74) is 2.39. The fourth-order valence-corrected chi connectivity index (χ4v) is 4.59. The van der Waals surface area contributed by atoms with Crippen molar-refractivity contribution in [2.45, 2.75) is 0 Å². The van der Waals surface area contributed by atoms with Crippen molar-refractivity contribution < 1.29 is 19.0 Å². The Morgan fingerprint density at radius 2 is 1.58 bits per heavy atom. The lowest BCUT2D eigenvalue weighted by Gasteiger charge is -2.09. The Balaban J connectivity index is 2.06. The maximum atomic E-state index is 12.1. The van der Waals surface area contributed by atoms with Crippen LogP contribution in [0.25, 0.3) is 11.6 Å². The summed E-state index contributed by atoms with van der Waals surface area (Å²) in [4.78, 5) is 12.1. The first-order valence-corrected chi connectivity index (χ1v) is 9.84. The molecule has 0 bridgehead atoms. The molecule has 134 valence electrons. The predicted molar refractivity (Wildman–Crippen MR) is 111 cm³/mol. The van der Waals surface area contributed by atoms with Crippen molar-refractivity contribution in [3.63, 3.8) is 0 Å². The Labute approximate surface area is 176 Å². The van der Waals surface area contributed by atoms with Crippen LogP contribution in [0.4, 0.5) is 0 Å². The number of carbonyl (C=O) groups is 1. The first-order valence-electron chi connectivity index (χ1n) is 7.46. The van der Waals surface area contributed by atoms with Crippen molar-refractivity contribution in [3.8, 4) is 11.5 Å². The number of halogens is 3. The molecule has 26 heavy (non-hydrogen) atoms. The van der Waals surface area contributed by atoms with E-state index in [0.29, 0.717) is 21.6 Å². The average Bonchev–Trinajstić information content (AvgIpc) is 2.88. The van der Waals surface area contributed by atoms with Crippen molar-refractivity contribution in [2.24, 2.45) is 0 Å². The smallest absolute Gasteiger partial charge is 0.351 e. The Morgan fingerprint density at radius 3 is 2.12 bits per heavy atom. The van der Waals surface area contributed by atoms with Crippen LogP contribution in [0.5, 0.6) is 11.5 Å². The summed E-state index contributed by atoms with van der Waals surface area (Å²) in [6.45, 7) is 0. The largest absolute Gasteiger partial charge is 0.497 e. The van der Waals surface area contributed by atoms with Gasteiger partial charge in [-0.2, -0.15) is 0 Å². The maximum absolute atomic E-state index is 12.1. The Morgan fingerprint density at radius 1 is 0.962 bits per heavy atom. The third-order valence-electron chi connectivity index (χ3n) is 3.75. The molecule has 0 aliphatic carbocycles. The molecule has 0 radical (unpaired) electrons. The molecule has 0 aromatic heterocycles. The van der Waals surface area contributed by atoms with Crippen molar-refractivity contribution in [3.05, 3.63) is 66.7 Å². The summed E-state index contributed by atoms with van der Waals surface area (Å²) in [7, 11) is 3.21. The van der Waals surface area contributed by atoms with Crippen LogP contribution in [-0.2, 0) is 9.53 Å². The van der Waals surface area contributed by atoms with E-state index in [0.717, 1.165) is 25.8 Å². The molecule has 1 aliphatic rings. The number of allylic oxidation sites excluding steroid dienone is 1. The molecule has 3 rings (SSSR count). The quantitative estimate of drug-likeness (QED) is 0.447. The van der Waals surface area contributed by atoms with E-state index in [9.17, 15) is 4.79 Å². The average molecular weight is 545 g/mol. The first-order chi connectivity index (χ1) is 12.4. The molecular weight excluding hydrogens is 532 g/mol. The normalized spacial score (nSPS) is 15.4. The fourth-order valence-electron chi connectivity index (χ4n) is 2.54. The molecule has 4 nitrogen and oxygen atoms in total. The summed E-state index contributed by atoms with van der Waals surface area (Å²) >= 11 is 10.3. The highest BCUT2D eigenvalue weighted by Gasteiger charge is 2.29. The molecule has 1 heterocycles. The van der Waals surface area contributed by atoms with Crippen molar-refractivity contribution in [1.29, 1.82) is 0 Å². The van der Waals surface area contributed by atoms with Gasteiger partial charge in [0.25, 0.3) is 0 Å². The van der Waals surface area contributed by atoms with Crippen LogP contribution >= 0.6 is 47.8 Å². The van der Waals surface area contributed by atoms with Gasteiger partial charge in [-0.25, -0.2) is 4.79 Å². The standard InChI is InChI=1S/C19H13Br3O4/c1-24-12-5-3-11(4-6-12)16-15(26-19(23)17(16)22)9-10-7-13(20)18(25-2)14(21)8-10/h3-9H,1-2H3/b15-9-. The van der Waals surface area contributed by atoms with E-state index >= 15 is 0 Å². The molecule has 2 aromatic rings. The van der Waals surface area contributed by atoms with Gasteiger partial charge in [-0.3, -0.25) is 0 Å². The monoisotopic (exact) mass is 542 g/mol. The van der Waals surface area contributed by atoms with Crippen molar-refractivity contribution in [1.82, 2.24) is 0 Å². The second-order valence-electron chi connectivity index (χ2n) is 5.33. The summed E-state index contributed by atoms with van der Waals surface area (Å²) in [5, 5.41) is 0. The molecule has 0 fully saturated rings. The molecule has 7 heteroatoms. The van der Waals surface area contributed by atoms with Gasteiger partial charge in [0.15, 0.2) is 0 Å². The van der Waals surface area contributed by atoms with Gasteiger partial charge in [0.1, 0.15) is 21.7 Å². The Hall–Kier alpha value is -1.57. The SMILES string of the molecule is COc1ccc(C2=C(Br)C(=O)O/C2=C\c2cc(Br)c(OC)c(Br)c2)cc1. The van der Waals surface area contributed by atoms with E-state index < -0.39 is 5.97 Å². The maximum Gasteiger partial charge on any atom is 0.351 e. The summed E-state index contributed by atoms with van der Waals surface area (Å²) in [6.07, 6.45) is 1.81. The van der Waals surface area contributed by atoms with Gasteiger partial charge >= 0.3 is 5.97 Å². The zero-order valence-corrected chi connectivity index (χ0v) is 18.6. The highest BCUT2D eigenvalue weighted by molar-refractivity contribution is 9.12. The molecule has 0 N–H and O–H groups in total. The van der Waals surface area contributed by atoms with E-state index in [-0.39, 0.29) is 0 Å². The van der Waals surface area contributed by atoms with E-state index in [4.69, 9.17) is 14.2 Å². The molecule has 0 saturated heterocycles. The molecule has 0 unspecified atom stereocenters. The van der Waals surface area contributed by atoms with Crippen LogP contribution < -0.4 is 9.47 Å². The second-order valence-corrected chi connectivity index (χ2v) is 7.84. The number of benzene rings is 2. The van der Waals surface area contributed by atoms with Gasteiger partial charge in [0.05, 0.1) is 23.2 Å². The van der Waals surface area contributed by atoms with Crippen molar-refractivity contribution >= 4 is 65.4 Å². The number of cyclic esters (lactones) is 1. The molecule has 0 saturated carbocycles. The number of hydrogen-bond donors (Lipinski definition) is 0. The lowest BCUT2D eigenvalue weighted by atomic mass is 10.0. The third kappa shape index (κ3) is 3.75. The van der Waals surface area contributed by atoms with E-state index in [2.05, 4.69) is 47.8 Å². The van der Waals surface area contributed by atoms with Crippen molar-refractivity contribution in [2.75, 3.05) is 14.2 Å². The number of methoxy groups -OCH3 is 2. The van der Waals surface area contributed by atoms with Crippen LogP contribution in [0.2, 0.25) is 0 Å². The highest BCUT2D eigenvalue weighted by atomic mass is 79.9. The van der Waals surface area contributed by atoms with Gasteiger partial charge in [0, 0.05) is 5.57 Å². The van der Waals surface area contributed by atoms with Crippen LogP contribution in [0.15, 0.2) is 55.6 Å². The number of rotatable bonds is 4. The third-order valence-corrected chi connectivity index (χ3v) is 5.65.